The van der Waals surface area contributed by atoms with Gasteiger partial charge in [-0.05, 0) is 43.0 Å². The van der Waals surface area contributed by atoms with Crippen molar-refractivity contribution in [2.45, 2.75) is 32.6 Å². The smallest absolute Gasteiger partial charge is 0.253 e. The Bertz CT molecular complexity index is 783. The lowest BCUT2D eigenvalue weighted by atomic mass is 10.1. The fraction of sp³-hybridized carbons (Fsp3) is 0.364. The molecule has 0 spiro atoms. The maximum absolute atomic E-state index is 12.9. The van der Waals surface area contributed by atoms with Crippen LogP contribution >= 0.6 is 0 Å². The molecule has 1 aliphatic rings. The molecule has 0 unspecified atom stereocenters. The Kier molecular flexibility index (Phi) is 6.47. The van der Waals surface area contributed by atoms with Gasteiger partial charge in [-0.3, -0.25) is 9.59 Å². The second kappa shape index (κ2) is 9.21. The van der Waals surface area contributed by atoms with Gasteiger partial charge < -0.3 is 15.5 Å². The second-order valence-corrected chi connectivity index (χ2v) is 6.82. The van der Waals surface area contributed by atoms with E-state index in [1.165, 1.54) is 5.56 Å². The summed E-state index contributed by atoms with van der Waals surface area (Å²) in [7, 11) is 0. The predicted octanol–water partition coefficient (Wildman–Crippen LogP) is 3.61. The fourth-order valence-electron chi connectivity index (χ4n) is 3.34. The molecule has 5 nitrogen and oxygen atoms in total. The summed E-state index contributed by atoms with van der Waals surface area (Å²) in [6.45, 7) is 4.31. The third-order valence-corrected chi connectivity index (χ3v) is 4.83. The number of nitrogens with zero attached hydrogens (tertiary/aromatic N) is 1. The van der Waals surface area contributed by atoms with E-state index in [1.807, 2.05) is 37.3 Å². The standard InChI is InChI=1S/C22H27N3O2/c1-2-21(26)24-18-10-11-20(25-14-6-7-15-25)19(16-18)22(27)23-13-12-17-8-4-3-5-9-17/h3-5,8-11,16H,2,6-7,12-15H2,1H3,(H,23,27)(H,24,26). The summed E-state index contributed by atoms with van der Waals surface area (Å²) in [6, 6.07) is 15.7. The molecule has 2 aromatic carbocycles. The molecule has 1 fully saturated rings. The molecule has 0 aliphatic carbocycles. The molecule has 1 aliphatic heterocycles. The molecule has 27 heavy (non-hydrogen) atoms. The zero-order valence-electron chi connectivity index (χ0n) is 15.8. The summed E-state index contributed by atoms with van der Waals surface area (Å²) >= 11 is 0. The van der Waals surface area contributed by atoms with E-state index in [0.717, 1.165) is 38.0 Å². The van der Waals surface area contributed by atoms with Gasteiger partial charge in [0.15, 0.2) is 0 Å². The van der Waals surface area contributed by atoms with Crippen molar-refractivity contribution in [3.8, 4) is 0 Å². The number of hydrogen-bond donors (Lipinski definition) is 2. The normalized spacial score (nSPS) is 13.4. The van der Waals surface area contributed by atoms with Crippen molar-refractivity contribution in [3.05, 3.63) is 59.7 Å². The Morgan fingerprint density at radius 3 is 2.48 bits per heavy atom. The Hall–Kier alpha value is -2.82. The monoisotopic (exact) mass is 365 g/mol. The van der Waals surface area contributed by atoms with Crippen LogP contribution in [0.25, 0.3) is 0 Å². The Balaban J connectivity index is 1.73. The van der Waals surface area contributed by atoms with E-state index in [0.29, 0.717) is 24.2 Å². The van der Waals surface area contributed by atoms with E-state index in [9.17, 15) is 9.59 Å². The zero-order valence-corrected chi connectivity index (χ0v) is 15.8. The van der Waals surface area contributed by atoms with Crippen LogP contribution in [0.1, 0.15) is 42.1 Å². The van der Waals surface area contributed by atoms with Gasteiger partial charge in [0.25, 0.3) is 5.91 Å². The van der Waals surface area contributed by atoms with Crippen LogP contribution in [0.5, 0.6) is 0 Å². The van der Waals surface area contributed by atoms with Crippen molar-refractivity contribution in [2.75, 3.05) is 29.9 Å². The van der Waals surface area contributed by atoms with E-state index in [-0.39, 0.29) is 11.8 Å². The molecule has 142 valence electrons. The first-order valence-electron chi connectivity index (χ1n) is 9.68. The molecule has 0 radical (unpaired) electrons. The molecule has 1 saturated heterocycles. The van der Waals surface area contributed by atoms with Gasteiger partial charge >= 0.3 is 0 Å². The first kappa shape index (κ1) is 19.0. The third-order valence-electron chi connectivity index (χ3n) is 4.83. The molecular formula is C22H27N3O2. The summed E-state index contributed by atoms with van der Waals surface area (Å²) in [5.74, 6) is -0.153. The Morgan fingerprint density at radius 1 is 1.04 bits per heavy atom. The molecule has 3 rings (SSSR count). The van der Waals surface area contributed by atoms with Gasteiger partial charge in [-0.15, -0.1) is 0 Å². The average Bonchev–Trinajstić information content (AvgIpc) is 3.23. The summed E-state index contributed by atoms with van der Waals surface area (Å²) in [4.78, 5) is 26.8. The van der Waals surface area contributed by atoms with E-state index in [2.05, 4.69) is 27.7 Å². The SMILES string of the molecule is CCC(=O)Nc1ccc(N2CCCC2)c(C(=O)NCCc2ccccc2)c1. The molecular weight excluding hydrogens is 338 g/mol. The quantitative estimate of drug-likeness (QED) is 0.788. The Labute approximate surface area is 160 Å². The highest BCUT2D eigenvalue weighted by atomic mass is 16.2. The maximum atomic E-state index is 12.9. The lowest BCUT2D eigenvalue weighted by Crippen LogP contribution is -2.29. The number of amides is 2. The van der Waals surface area contributed by atoms with Gasteiger partial charge in [0.05, 0.1) is 5.56 Å². The van der Waals surface area contributed by atoms with E-state index < -0.39 is 0 Å². The highest BCUT2D eigenvalue weighted by molar-refractivity contribution is 6.02. The number of benzene rings is 2. The summed E-state index contributed by atoms with van der Waals surface area (Å²) < 4.78 is 0. The highest BCUT2D eigenvalue weighted by Gasteiger charge is 2.20. The second-order valence-electron chi connectivity index (χ2n) is 6.82. The van der Waals surface area contributed by atoms with E-state index in [4.69, 9.17) is 0 Å². The number of rotatable bonds is 7. The van der Waals surface area contributed by atoms with Crippen molar-refractivity contribution < 1.29 is 9.59 Å². The van der Waals surface area contributed by atoms with Crippen LogP contribution in [-0.2, 0) is 11.2 Å². The Morgan fingerprint density at radius 2 is 1.78 bits per heavy atom. The topological polar surface area (TPSA) is 61.4 Å². The zero-order chi connectivity index (χ0) is 19.1. The van der Waals surface area contributed by atoms with Gasteiger partial charge in [0, 0.05) is 37.4 Å². The molecule has 0 aromatic heterocycles. The number of hydrogen-bond acceptors (Lipinski definition) is 3. The summed E-state index contributed by atoms with van der Waals surface area (Å²) in [5, 5.41) is 5.88. The predicted molar refractivity (Wildman–Crippen MR) is 109 cm³/mol. The van der Waals surface area contributed by atoms with Crippen LogP contribution in [0.15, 0.2) is 48.5 Å². The van der Waals surface area contributed by atoms with Gasteiger partial charge in [-0.2, -0.15) is 0 Å². The van der Waals surface area contributed by atoms with Crippen molar-refractivity contribution in [1.29, 1.82) is 0 Å². The molecule has 1 heterocycles. The van der Waals surface area contributed by atoms with Crippen LogP contribution in [0, 0.1) is 0 Å². The molecule has 2 N–H and O–H groups in total. The molecule has 0 bridgehead atoms. The first-order chi connectivity index (χ1) is 13.2. The largest absolute Gasteiger partial charge is 0.371 e. The van der Waals surface area contributed by atoms with Gasteiger partial charge in [0.2, 0.25) is 5.91 Å². The van der Waals surface area contributed by atoms with Crippen LogP contribution in [0.4, 0.5) is 11.4 Å². The summed E-state index contributed by atoms with van der Waals surface area (Å²) in [6.07, 6.45) is 3.48. The molecule has 2 amide bonds. The van der Waals surface area contributed by atoms with E-state index in [1.54, 1.807) is 6.07 Å². The van der Waals surface area contributed by atoms with Gasteiger partial charge in [-0.25, -0.2) is 0 Å². The van der Waals surface area contributed by atoms with Crippen molar-refractivity contribution in [2.24, 2.45) is 0 Å². The first-order valence-corrected chi connectivity index (χ1v) is 9.68. The van der Waals surface area contributed by atoms with Crippen LogP contribution < -0.4 is 15.5 Å². The number of carbonyl (C=O) groups is 2. The average molecular weight is 365 g/mol. The third kappa shape index (κ3) is 5.09. The number of nitrogens with one attached hydrogen (secondary N) is 2. The van der Waals surface area contributed by atoms with Crippen LogP contribution in [0.2, 0.25) is 0 Å². The molecule has 2 aromatic rings. The molecule has 5 heteroatoms. The maximum Gasteiger partial charge on any atom is 0.253 e. The lowest BCUT2D eigenvalue weighted by Gasteiger charge is -2.22. The van der Waals surface area contributed by atoms with Crippen LogP contribution in [-0.4, -0.2) is 31.4 Å². The molecule has 0 saturated carbocycles. The van der Waals surface area contributed by atoms with Gasteiger partial charge in [0.1, 0.15) is 0 Å². The fourth-order valence-corrected chi connectivity index (χ4v) is 3.34. The van der Waals surface area contributed by atoms with Crippen LogP contribution in [0.3, 0.4) is 0 Å². The number of anilines is 2. The number of carbonyl (C=O) groups excluding carboxylic acids is 2. The lowest BCUT2D eigenvalue weighted by molar-refractivity contribution is -0.115. The van der Waals surface area contributed by atoms with E-state index >= 15 is 0 Å². The molecule has 0 atom stereocenters. The minimum Gasteiger partial charge on any atom is -0.371 e. The van der Waals surface area contributed by atoms with Crippen molar-refractivity contribution >= 4 is 23.2 Å². The highest BCUT2D eigenvalue weighted by Crippen LogP contribution is 2.27. The minimum atomic E-state index is -0.0968. The van der Waals surface area contributed by atoms with Crippen molar-refractivity contribution in [1.82, 2.24) is 5.32 Å². The minimum absolute atomic E-state index is 0.0561. The summed E-state index contributed by atoms with van der Waals surface area (Å²) in [5.41, 5.74) is 3.43. The van der Waals surface area contributed by atoms with Crippen molar-refractivity contribution in [3.63, 3.8) is 0 Å². The van der Waals surface area contributed by atoms with Gasteiger partial charge in [-0.1, -0.05) is 37.3 Å².